The Morgan fingerprint density at radius 3 is 2.75 bits per heavy atom. The molecule has 0 aliphatic carbocycles. The summed E-state index contributed by atoms with van der Waals surface area (Å²) >= 11 is 0. The van der Waals surface area contributed by atoms with Crippen molar-refractivity contribution in [1.29, 1.82) is 0 Å². The lowest BCUT2D eigenvalue weighted by molar-refractivity contribution is -0.137. The van der Waals surface area contributed by atoms with Crippen LogP contribution < -0.4 is 10.5 Å². The second kappa shape index (κ2) is 5.75. The van der Waals surface area contributed by atoms with Gasteiger partial charge in [0.1, 0.15) is 5.75 Å². The Balaban J connectivity index is 2.45. The zero-order chi connectivity index (χ0) is 12.0. The van der Waals surface area contributed by atoms with Crippen LogP contribution in [0.1, 0.15) is 23.2 Å². The van der Waals surface area contributed by atoms with Gasteiger partial charge in [-0.1, -0.05) is 6.07 Å². The molecule has 0 bridgehead atoms. The van der Waals surface area contributed by atoms with E-state index in [2.05, 4.69) is 0 Å². The molecule has 0 saturated carbocycles. The standard InChI is InChI=1S/C11H13NO4/c12-11(15)8-3-1-4-9(7-8)16-6-2-5-10(13)14/h1,3-4,7H,2,5-6H2,(H2,12,15)(H,13,14). The summed E-state index contributed by atoms with van der Waals surface area (Å²) in [4.78, 5) is 21.1. The summed E-state index contributed by atoms with van der Waals surface area (Å²) in [6.07, 6.45) is 0.492. The molecule has 5 heteroatoms. The average Bonchev–Trinajstić information content (AvgIpc) is 2.24. The van der Waals surface area contributed by atoms with Crippen LogP contribution in [0.15, 0.2) is 24.3 Å². The minimum atomic E-state index is -0.852. The summed E-state index contributed by atoms with van der Waals surface area (Å²) in [5.41, 5.74) is 5.48. The zero-order valence-electron chi connectivity index (χ0n) is 8.68. The third-order valence-corrected chi connectivity index (χ3v) is 1.92. The minimum absolute atomic E-state index is 0.0650. The first-order valence-corrected chi connectivity index (χ1v) is 4.84. The lowest BCUT2D eigenvalue weighted by atomic mass is 10.2. The van der Waals surface area contributed by atoms with E-state index in [1.54, 1.807) is 18.2 Å². The van der Waals surface area contributed by atoms with Gasteiger partial charge in [-0.25, -0.2) is 0 Å². The van der Waals surface area contributed by atoms with Crippen molar-refractivity contribution >= 4 is 11.9 Å². The van der Waals surface area contributed by atoms with E-state index in [-0.39, 0.29) is 6.42 Å². The van der Waals surface area contributed by atoms with Crippen molar-refractivity contribution in [2.45, 2.75) is 12.8 Å². The van der Waals surface area contributed by atoms with Crippen molar-refractivity contribution in [1.82, 2.24) is 0 Å². The van der Waals surface area contributed by atoms with Gasteiger partial charge in [0, 0.05) is 12.0 Å². The summed E-state index contributed by atoms with van der Waals surface area (Å²) in [5, 5.41) is 8.41. The highest BCUT2D eigenvalue weighted by Crippen LogP contribution is 2.13. The fourth-order valence-corrected chi connectivity index (χ4v) is 1.15. The molecule has 1 aromatic carbocycles. The van der Waals surface area contributed by atoms with Crippen molar-refractivity contribution < 1.29 is 19.4 Å². The third-order valence-electron chi connectivity index (χ3n) is 1.92. The molecule has 16 heavy (non-hydrogen) atoms. The van der Waals surface area contributed by atoms with E-state index in [1.807, 2.05) is 0 Å². The Kier molecular flexibility index (Phi) is 4.32. The van der Waals surface area contributed by atoms with Crippen LogP contribution in [-0.4, -0.2) is 23.6 Å². The predicted molar refractivity (Wildman–Crippen MR) is 57.3 cm³/mol. The van der Waals surface area contributed by atoms with Gasteiger partial charge in [-0.15, -0.1) is 0 Å². The van der Waals surface area contributed by atoms with Crippen molar-refractivity contribution in [2.24, 2.45) is 5.73 Å². The van der Waals surface area contributed by atoms with E-state index in [9.17, 15) is 9.59 Å². The molecule has 0 radical (unpaired) electrons. The van der Waals surface area contributed by atoms with Gasteiger partial charge in [0.05, 0.1) is 6.61 Å². The Morgan fingerprint density at radius 2 is 2.12 bits per heavy atom. The molecular formula is C11H13NO4. The molecule has 0 aliphatic rings. The van der Waals surface area contributed by atoms with Gasteiger partial charge < -0.3 is 15.6 Å². The fourth-order valence-electron chi connectivity index (χ4n) is 1.15. The largest absolute Gasteiger partial charge is 0.494 e. The highest BCUT2D eigenvalue weighted by molar-refractivity contribution is 5.93. The molecule has 0 saturated heterocycles. The van der Waals surface area contributed by atoms with E-state index in [0.717, 1.165) is 0 Å². The molecule has 1 aromatic rings. The number of hydrogen-bond donors (Lipinski definition) is 2. The summed E-state index contributed by atoms with van der Waals surface area (Å²) in [7, 11) is 0. The third kappa shape index (κ3) is 4.00. The molecule has 0 fully saturated rings. The number of rotatable bonds is 6. The lowest BCUT2D eigenvalue weighted by Gasteiger charge is -2.05. The van der Waals surface area contributed by atoms with Crippen LogP contribution in [0.3, 0.4) is 0 Å². The van der Waals surface area contributed by atoms with E-state index in [1.165, 1.54) is 6.07 Å². The molecule has 5 nitrogen and oxygen atoms in total. The number of carbonyl (C=O) groups is 2. The van der Waals surface area contributed by atoms with E-state index >= 15 is 0 Å². The first-order chi connectivity index (χ1) is 7.59. The number of carbonyl (C=O) groups excluding carboxylic acids is 1. The minimum Gasteiger partial charge on any atom is -0.494 e. The maximum atomic E-state index is 10.9. The molecule has 0 atom stereocenters. The molecule has 1 rings (SSSR count). The number of nitrogens with two attached hydrogens (primary N) is 1. The summed E-state index contributed by atoms with van der Waals surface area (Å²) in [6.45, 7) is 0.300. The second-order valence-electron chi connectivity index (χ2n) is 3.24. The van der Waals surface area contributed by atoms with Crippen LogP contribution >= 0.6 is 0 Å². The van der Waals surface area contributed by atoms with Crippen LogP contribution in [-0.2, 0) is 4.79 Å². The van der Waals surface area contributed by atoms with Crippen LogP contribution in [0.25, 0.3) is 0 Å². The van der Waals surface area contributed by atoms with Crippen LogP contribution in [0.2, 0.25) is 0 Å². The second-order valence-corrected chi connectivity index (χ2v) is 3.24. The average molecular weight is 223 g/mol. The first kappa shape index (κ1) is 12.0. The van der Waals surface area contributed by atoms with Crippen molar-refractivity contribution in [3.05, 3.63) is 29.8 Å². The highest BCUT2D eigenvalue weighted by atomic mass is 16.5. The van der Waals surface area contributed by atoms with E-state index in [4.69, 9.17) is 15.6 Å². The predicted octanol–water partition coefficient (Wildman–Crippen LogP) is 1.03. The summed E-state index contributed by atoms with van der Waals surface area (Å²) < 4.78 is 5.28. The summed E-state index contributed by atoms with van der Waals surface area (Å²) in [6, 6.07) is 6.47. The molecule has 86 valence electrons. The first-order valence-electron chi connectivity index (χ1n) is 4.84. The number of hydrogen-bond acceptors (Lipinski definition) is 3. The molecule has 0 heterocycles. The Labute approximate surface area is 92.8 Å². The lowest BCUT2D eigenvalue weighted by Crippen LogP contribution is -2.11. The van der Waals surface area contributed by atoms with Gasteiger partial charge in [-0.2, -0.15) is 0 Å². The summed E-state index contributed by atoms with van der Waals surface area (Å²) in [5.74, 6) is -0.854. The van der Waals surface area contributed by atoms with Crippen LogP contribution in [0.5, 0.6) is 5.75 Å². The van der Waals surface area contributed by atoms with E-state index < -0.39 is 11.9 Å². The van der Waals surface area contributed by atoms with Gasteiger partial charge in [0.15, 0.2) is 0 Å². The van der Waals surface area contributed by atoms with Crippen LogP contribution in [0, 0.1) is 0 Å². The zero-order valence-corrected chi connectivity index (χ0v) is 8.68. The molecule has 3 N–H and O–H groups in total. The molecule has 0 aliphatic heterocycles. The van der Waals surface area contributed by atoms with Crippen molar-refractivity contribution in [3.8, 4) is 5.75 Å². The number of amides is 1. The van der Waals surface area contributed by atoms with Crippen molar-refractivity contribution in [3.63, 3.8) is 0 Å². The monoisotopic (exact) mass is 223 g/mol. The van der Waals surface area contributed by atoms with Gasteiger partial charge in [0.2, 0.25) is 5.91 Å². The Morgan fingerprint density at radius 1 is 1.38 bits per heavy atom. The highest BCUT2D eigenvalue weighted by Gasteiger charge is 2.02. The Bertz CT molecular complexity index is 389. The van der Waals surface area contributed by atoms with Crippen LogP contribution in [0.4, 0.5) is 0 Å². The fraction of sp³-hybridized carbons (Fsp3) is 0.273. The topological polar surface area (TPSA) is 89.6 Å². The normalized spacial score (nSPS) is 9.75. The number of carboxylic acids is 1. The SMILES string of the molecule is NC(=O)c1cccc(OCCCC(=O)O)c1. The van der Waals surface area contributed by atoms with Gasteiger partial charge >= 0.3 is 5.97 Å². The van der Waals surface area contributed by atoms with Crippen molar-refractivity contribution in [2.75, 3.05) is 6.61 Å². The number of ether oxygens (including phenoxy) is 1. The molecule has 0 spiro atoms. The molecule has 1 amide bonds. The number of benzene rings is 1. The number of primary amides is 1. The maximum Gasteiger partial charge on any atom is 0.303 e. The maximum absolute atomic E-state index is 10.9. The molecular weight excluding hydrogens is 210 g/mol. The molecule has 0 aromatic heterocycles. The van der Waals surface area contributed by atoms with Gasteiger partial charge in [0.25, 0.3) is 0 Å². The number of carboxylic acid groups (broad SMARTS) is 1. The quantitative estimate of drug-likeness (QED) is 0.705. The Hall–Kier alpha value is -2.04. The smallest absolute Gasteiger partial charge is 0.303 e. The van der Waals surface area contributed by atoms with Gasteiger partial charge in [-0.3, -0.25) is 9.59 Å². The van der Waals surface area contributed by atoms with Gasteiger partial charge in [-0.05, 0) is 24.6 Å². The van der Waals surface area contributed by atoms with E-state index in [0.29, 0.717) is 24.3 Å². The number of aliphatic carboxylic acids is 1. The molecule has 0 unspecified atom stereocenters.